The number of amides is 4. The molecule has 1 aromatic rings. The van der Waals surface area contributed by atoms with Crippen molar-refractivity contribution < 1.29 is 24.3 Å². The molecule has 1 aromatic carbocycles. The first-order valence-corrected chi connectivity index (χ1v) is 9.02. The van der Waals surface area contributed by atoms with E-state index >= 15 is 0 Å². The second-order valence-corrected chi connectivity index (χ2v) is 6.95. The van der Waals surface area contributed by atoms with Crippen molar-refractivity contribution in [3.8, 4) is 6.07 Å². The summed E-state index contributed by atoms with van der Waals surface area (Å²) in [5, 5.41) is 20.3. The minimum Gasteiger partial charge on any atom is -0.481 e. The predicted octanol–water partition coefficient (Wildman–Crippen LogP) is 0.950. The van der Waals surface area contributed by atoms with Gasteiger partial charge in [-0.2, -0.15) is 5.26 Å². The molecule has 3 rings (SSSR count). The molecular formula is C19H20N4O5. The molecule has 28 heavy (non-hydrogen) atoms. The molecule has 2 N–H and O–H groups in total. The summed E-state index contributed by atoms with van der Waals surface area (Å²) in [6.45, 7) is 0.689. The Labute approximate surface area is 161 Å². The Morgan fingerprint density at radius 1 is 1.18 bits per heavy atom. The lowest BCUT2D eigenvalue weighted by Gasteiger charge is -2.37. The number of nitriles is 1. The molecule has 0 aromatic heterocycles. The number of aliphatic carboxylic acids is 1. The first-order valence-electron chi connectivity index (χ1n) is 9.02. The second-order valence-electron chi connectivity index (χ2n) is 6.95. The van der Waals surface area contributed by atoms with Gasteiger partial charge in [-0.3, -0.25) is 19.3 Å². The number of piperidine rings is 1. The number of imide groups is 1. The molecule has 0 saturated carbocycles. The molecule has 4 amide bonds. The van der Waals surface area contributed by atoms with Gasteiger partial charge in [0.2, 0.25) is 0 Å². The smallest absolute Gasteiger partial charge is 0.325 e. The van der Waals surface area contributed by atoms with Crippen LogP contribution in [0.1, 0.15) is 41.6 Å². The van der Waals surface area contributed by atoms with Gasteiger partial charge in [-0.25, -0.2) is 4.79 Å². The highest BCUT2D eigenvalue weighted by molar-refractivity contribution is 6.07. The van der Waals surface area contributed by atoms with Crippen LogP contribution in [0.25, 0.3) is 0 Å². The number of nitrogens with one attached hydrogen (secondary N) is 1. The van der Waals surface area contributed by atoms with E-state index in [0.717, 1.165) is 4.90 Å². The van der Waals surface area contributed by atoms with Crippen LogP contribution >= 0.6 is 0 Å². The van der Waals surface area contributed by atoms with Crippen molar-refractivity contribution in [1.29, 1.82) is 5.26 Å². The van der Waals surface area contributed by atoms with E-state index < -0.39 is 17.5 Å². The van der Waals surface area contributed by atoms with Crippen LogP contribution in [0.15, 0.2) is 24.3 Å². The maximum Gasteiger partial charge on any atom is 0.325 e. The number of hydrogen-bond acceptors (Lipinski definition) is 5. The van der Waals surface area contributed by atoms with E-state index in [9.17, 15) is 19.2 Å². The Morgan fingerprint density at radius 2 is 1.82 bits per heavy atom. The molecule has 2 aliphatic heterocycles. The molecule has 1 spiro atoms. The van der Waals surface area contributed by atoms with Gasteiger partial charge in [0.05, 0.1) is 11.6 Å². The zero-order chi connectivity index (χ0) is 20.3. The average Bonchev–Trinajstić information content (AvgIpc) is 2.92. The molecule has 0 unspecified atom stereocenters. The number of nitrogens with zero attached hydrogens (tertiary/aromatic N) is 3. The number of benzene rings is 1. The molecule has 2 fully saturated rings. The number of carbonyl (C=O) groups excluding carboxylic acids is 3. The fraction of sp³-hybridized carbons (Fsp3) is 0.421. The maximum absolute atomic E-state index is 12.7. The Morgan fingerprint density at radius 3 is 2.39 bits per heavy atom. The van der Waals surface area contributed by atoms with E-state index in [4.69, 9.17) is 10.4 Å². The number of carboxylic acid groups (broad SMARTS) is 1. The van der Waals surface area contributed by atoms with E-state index in [0.29, 0.717) is 37.1 Å². The molecule has 0 bridgehead atoms. The lowest BCUT2D eigenvalue weighted by Crippen LogP contribution is -2.55. The standard InChI is InChI=1S/C19H20N4O5/c20-12-13-3-5-14(6-4-13)16(26)22-10-7-19(8-11-22)17(27)23(18(28)21-19)9-1-2-15(24)25/h3-6H,1-2,7-11H2,(H,21,28)(H,24,25). The Balaban J connectivity index is 1.61. The van der Waals surface area contributed by atoms with Crippen molar-refractivity contribution >= 4 is 23.8 Å². The number of carbonyl (C=O) groups is 4. The second kappa shape index (κ2) is 7.68. The SMILES string of the molecule is N#Cc1ccc(C(=O)N2CCC3(CC2)NC(=O)N(CCCC(=O)O)C3=O)cc1. The molecular weight excluding hydrogens is 364 g/mol. The fourth-order valence-corrected chi connectivity index (χ4v) is 3.57. The van der Waals surface area contributed by atoms with Crippen LogP contribution in [0, 0.1) is 11.3 Å². The van der Waals surface area contributed by atoms with Crippen LogP contribution in [0.4, 0.5) is 4.79 Å². The molecule has 0 aliphatic carbocycles. The van der Waals surface area contributed by atoms with Gasteiger partial charge in [-0.05, 0) is 43.5 Å². The van der Waals surface area contributed by atoms with Gasteiger partial charge >= 0.3 is 12.0 Å². The third-order valence-electron chi connectivity index (χ3n) is 5.18. The van der Waals surface area contributed by atoms with E-state index in [1.165, 1.54) is 0 Å². The van der Waals surface area contributed by atoms with Crippen LogP contribution in [0.2, 0.25) is 0 Å². The van der Waals surface area contributed by atoms with Crippen molar-refractivity contribution in [2.24, 2.45) is 0 Å². The summed E-state index contributed by atoms with van der Waals surface area (Å²) >= 11 is 0. The van der Waals surface area contributed by atoms with E-state index in [2.05, 4.69) is 5.32 Å². The van der Waals surface area contributed by atoms with Crippen molar-refractivity contribution in [2.45, 2.75) is 31.2 Å². The van der Waals surface area contributed by atoms with Crippen LogP contribution in [-0.2, 0) is 9.59 Å². The topological polar surface area (TPSA) is 131 Å². The molecule has 2 saturated heterocycles. The Hall–Kier alpha value is -3.41. The van der Waals surface area contributed by atoms with Crippen LogP contribution in [-0.4, -0.2) is 63.9 Å². The molecule has 146 valence electrons. The number of hydrogen-bond donors (Lipinski definition) is 2. The molecule has 9 nitrogen and oxygen atoms in total. The quantitative estimate of drug-likeness (QED) is 0.727. The van der Waals surface area contributed by atoms with Crippen molar-refractivity contribution in [3.05, 3.63) is 35.4 Å². The zero-order valence-corrected chi connectivity index (χ0v) is 15.2. The van der Waals surface area contributed by atoms with Gasteiger partial charge in [0, 0.05) is 31.6 Å². The third-order valence-corrected chi connectivity index (χ3v) is 5.18. The molecule has 0 radical (unpaired) electrons. The van der Waals surface area contributed by atoms with Crippen LogP contribution in [0.5, 0.6) is 0 Å². The van der Waals surface area contributed by atoms with E-state index in [1.807, 2.05) is 6.07 Å². The van der Waals surface area contributed by atoms with Gasteiger partial charge in [0.15, 0.2) is 0 Å². The van der Waals surface area contributed by atoms with Gasteiger partial charge < -0.3 is 15.3 Å². The van der Waals surface area contributed by atoms with Gasteiger partial charge in [0.25, 0.3) is 11.8 Å². The lowest BCUT2D eigenvalue weighted by atomic mass is 9.87. The highest BCUT2D eigenvalue weighted by Gasteiger charge is 2.52. The third kappa shape index (κ3) is 3.67. The monoisotopic (exact) mass is 384 g/mol. The summed E-state index contributed by atoms with van der Waals surface area (Å²) in [5.41, 5.74) is -0.0923. The first kappa shape index (κ1) is 19.4. The Kier molecular flexibility index (Phi) is 5.31. The number of likely N-dealkylation sites (tertiary alicyclic amines) is 1. The average molecular weight is 384 g/mol. The van der Waals surface area contributed by atoms with Gasteiger partial charge in [-0.15, -0.1) is 0 Å². The molecule has 2 heterocycles. The summed E-state index contributed by atoms with van der Waals surface area (Å²) in [5.74, 6) is -1.51. The minimum absolute atomic E-state index is 0.0621. The summed E-state index contributed by atoms with van der Waals surface area (Å²) in [4.78, 5) is 50.9. The maximum atomic E-state index is 12.7. The van der Waals surface area contributed by atoms with Crippen LogP contribution in [0.3, 0.4) is 0 Å². The van der Waals surface area contributed by atoms with E-state index in [-0.39, 0.29) is 31.2 Å². The van der Waals surface area contributed by atoms with Crippen molar-refractivity contribution in [1.82, 2.24) is 15.1 Å². The normalized spacial score (nSPS) is 18.1. The Bertz CT molecular complexity index is 850. The first-order chi connectivity index (χ1) is 13.4. The molecule has 2 aliphatic rings. The highest BCUT2D eigenvalue weighted by atomic mass is 16.4. The van der Waals surface area contributed by atoms with E-state index in [1.54, 1.807) is 29.2 Å². The highest BCUT2D eigenvalue weighted by Crippen LogP contribution is 2.30. The van der Waals surface area contributed by atoms with Crippen molar-refractivity contribution in [2.75, 3.05) is 19.6 Å². The zero-order valence-electron chi connectivity index (χ0n) is 15.2. The summed E-state index contributed by atoms with van der Waals surface area (Å²) in [6.07, 6.45) is 0.689. The largest absolute Gasteiger partial charge is 0.481 e. The summed E-state index contributed by atoms with van der Waals surface area (Å²) in [7, 11) is 0. The van der Waals surface area contributed by atoms with Gasteiger partial charge in [-0.1, -0.05) is 0 Å². The van der Waals surface area contributed by atoms with Crippen LogP contribution < -0.4 is 5.32 Å². The molecule has 0 atom stereocenters. The molecule has 9 heteroatoms. The summed E-state index contributed by atoms with van der Waals surface area (Å²) in [6, 6.07) is 7.83. The number of carboxylic acids is 1. The number of urea groups is 1. The fourth-order valence-electron chi connectivity index (χ4n) is 3.57. The lowest BCUT2D eigenvalue weighted by molar-refractivity contribution is -0.138. The minimum atomic E-state index is -1.03. The summed E-state index contributed by atoms with van der Waals surface area (Å²) < 4.78 is 0. The number of rotatable bonds is 5. The van der Waals surface area contributed by atoms with Gasteiger partial charge in [0.1, 0.15) is 5.54 Å². The van der Waals surface area contributed by atoms with Crippen molar-refractivity contribution in [3.63, 3.8) is 0 Å². The predicted molar refractivity (Wildman–Crippen MR) is 96.1 cm³/mol.